The van der Waals surface area contributed by atoms with E-state index in [-0.39, 0.29) is 10.1 Å². The Morgan fingerprint density at radius 1 is 1.13 bits per heavy atom. The molecule has 158 valence electrons. The van der Waals surface area contributed by atoms with Crippen molar-refractivity contribution in [2.75, 3.05) is 31.4 Å². The summed E-state index contributed by atoms with van der Waals surface area (Å²) in [6.07, 6.45) is 1.41. The highest BCUT2D eigenvalue weighted by Gasteiger charge is 2.20. The average Bonchev–Trinajstić information content (AvgIpc) is 3.14. The van der Waals surface area contributed by atoms with E-state index < -0.39 is 21.9 Å². The topological polar surface area (TPSA) is 91.8 Å². The zero-order valence-electron chi connectivity index (χ0n) is 16.4. The Kier molecular flexibility index (Phi) is 6.34. The third kappa shape index (κ3) is 4.93. The number of aromatic nitrogens is 1. The first-order valence-electron chi connectivity index (χ1n) is 8.63. The van der Waals surface area contributed by atoms with Crippen LogP contribution in [-0.4, -0.2) is 44.9 Å². The Balaban J connectivity index is 1.70. The van der Waals surface area contributed by atoms with E-state index >= 15 is 0 Å². The number of benzene rings is 2. The quantitative estimate of drug-likeness (QED) is 0.613. The molecule has 2 amide bonds. The fourth-order valence-electron chi connectivity index (χ4n) is 2.36. The second-order valence-corrected chi connectivity index (χ2v) is 9.47. The van der Waals surface area contributed by atoms with Gasteiger partial charge in [0.05, 0.1) is 11.1 Å². The maximum absolute atomic E-state index is 13.2. The van der Waals surface area contributed by atoms with E-state index in [2.05, 4.69) is 10.3 Å². The van der Waals surface area contributed by atoms with Gasteiger partial charge in [-0.25, -0.2) is 26.9 Å². The molecule has 0 aliphatic heterocycles. The van der Waals surface area contributed by atoms with E-state index in [1.165, 1.54) is 62.6 Å². The van der Waals surface area contributed by atoms with Crippen molar-refractivity contribution in [1.82, 2.24) is 9.29 Å². The summed E-state index contributed by atoms with van der Waals surface area (Å²) in [5.41, 5.74) is 0.399. The lowest BCUT2D eigenvalue weighted by Gasteiger charge is -2.19. The first-order valence-corrected chi connectivity index (χ1v) is 10.9. The van der Waals surface area contributed by atoms with Crippen LogP contribution in [0.25, 0.3) is 0 Å². The molecule has 8 nitrogen and oxygen atoms in total. The Morgan fingerprint density at radius 3 is 2.57 bits per heavy atom. The molecule has 0 bridgehead atoms. The molecule has 0 aliphatic carbocycles. The number of sulfonamides is 1. The molecular weight excluding hydrogens is 431 g/mol. The van der Waals surface area contributed by atoms with Gasteiger partial charge >= 0.3 is 6.03 Å². The zero-order chi connectivity index (χ0) is 21.9. The van der Waals surface area contributed by atoms with Gasteiger partial charge in [0.2, 0.25) is 10.0 Å². The molecule has 0 unspecified atom stereocenters. The van der Waals surface area contributed by atoms with Gasteiger partial charge in [0.25, 0.3) is 5.19 Å². The lowest BCUT2D eigenvalue weighted by atomic mass is 10.3. The van der Waals surface area contributed by atoms with Crippen molar-refractivity contribution >= 4 is 38.1 Å². The van der Waals surface area contributed by atoms with Crippen LogP contribution in [0.1, 0.15) is 0 Å². The Hall–Kier alpha value is -3.02. The number of urea groups is 1. The van der Waals surface area contributed by atoms with Gasteiger partial charge in [-0.15, -0.1) is 0 Å². The Bertz CT molecular complexity index is 1160. The van der Waals surface area contributed by atoms with Crippen LogP contribution in [0.2, 0.25) is 0 Å². The highest BCUT2D eigenvalue weighted by molar-refractivity contribution is 7.89. The summed E-state index contributed by atoms with van der Waals surface area (Å²) in [5, 5.41) is 3.31. The fraction of sp³-hybridized carbons (Fsp3) is 0.158. The van der Waals surface area contributed by atoms with Crippen molar-refractivity contribution in [1.29, 1.82) is 0 Å². The predicted molar refractivity (Wildman–Crippen MR) is 113 cm³/mol. The van der Waals surface area contributed by atoms with Gasteiger partial charge in [-0.3, -0.25) is 10.2 Å². The second-order valence-electron chi connectivity index (χ2n) is 6.32. The van der Waals surface area contributed by atoms with Gasteiger partial charge in [0, 0.05) is 32.9 Å². The highest BCUT2D eigenvalue weighted by atomic mass is 32.2. The van der Waals surface area contributed by atoms with Gasteiger partial charge in [0.15, 0.2) is 0 Å². The van der Waals surface area contributed by atoms with Crippen molar-refractivity contribution in [2.45, 2.75) is 4.90 Å². The van der Waals surface area contributed by atoms with Crippen LogP contribution in [-0.2, 0) is 10.0 Å². The molecule has 1 aromatic heterocycles. The molecule has 0 atom stereocenters. The number of hydrogen-bond acceptors (Lipinski definition) is 6. The van der Waals surface area contributed by atoms with Gasteiger partial charge in [-0.1, -0.05) is 23.5 Å². The first kappa shape index (κ1) is 21.7. The molecule has 0 spiro atoms. The number of rotatable bonds is 6. The number of ether oxygens (including phenoxy) is 1. The molecule has 11 heteroatoms. The van der Waals surface area contributed by atoms with Crippen LogP contribution in [0, 0.1) is 5.82 Å². The molecule has 0 aliphatic rings. The third-order valence-corrected chi connectivity index (χ3v) is 6.61. The van der Waals surface area contributed by atoms with E-state index in [0.717, 1.165) is 15.6 Å². The summed E-state index contributed by atoms with van der Waals surface area (Å²) in [6.45, 7) is 0. The third-order valence-electron chi connectivity index (χ3n) is 4.00. The molecule has 0 fully saturated rings. The van der Waals surface area contributed by atoms with E-state index in [1.807, 2.05) is 0 Å². The summed E-state index contributed by atoms with van der Waals surface area (Å²) in [4.78, 5) is 18.0. The molecule has 0 saturated carbocycles. The summed E-state index contributed by atoms with van der Waals surface area (Å²) >= 11 is 1.07. The number of thiazole rings is 1. The second kappa shape index (κ2) is 8.78. The van der Waals surface area contributed by atoms with Gasteiger partial charge < -0.3 is 4.74 Å². The minimum Gasteiger partial charge on any atom is -0.431 e. The average molecular weight is 451 g/mol. The van der Waals surface area contributed by atoms with Crippen LogP contribution in [0.5, 0.6) is 10.9 Å². The van der Waals surface area contributed by atoms with E-state index in [4.69, 9.17) is 4.74 Å². The van der Waals surface area contributed by atoms with Crippen LogP contribution in [0.15, 0.2) is 59.6 Å². The number of hydrogen-bond donors (Lipinski definition) is 1. The van der Waals surface area contributed by atoms with Crippen molar-refractivity contribution < 1.29 is 22.3 Å². The Labute approximate surface area is 177 Å². The largest absolute Gasteiger partial charge is 0.431 e. The summed E-state index contributed by atoms with van der Waals surface area (Å²) < 4.78 is 44.4. The normalized spacial score (nSPS) is 11.4. The molecule has 3 rings (SSSR count). The van der Waals surface area contributed by atoms with Gasteiger partial charge in [-0.2, -0.15) is 0 Å². The summed E-state index contributed by atoms with van der Waals surface area (Å²) in [6, 6.07) is 11.2. The van der Waals surface area contributed by atoms with Crippen molar-refractivity contribution in [2.24, 2.45) is 0 Å². The zero-order valence-corrected chi connectivity index (χ0v) is 18.0. The smallest absolute Gasteiger partial charge is 0.326 e. The van der Waals surface area contributed by atoms with Gasteiger partial charge in [-0.05, 0) is 30.3 Å². The molecule has 0 radical (unpaired) electrons. The molecule has 2 aromatic carbocycles. The van der Waals surface area contributed by atoms with Crippen LogP contribution in [0.4, 0.5) is 19.9 Å². The minimum atomic E-state index is -3.62. The maximum atomic E-state index is 13.2. The first-order chi connectivity index (χ1) is 14.2. The molecular formula is C19H19FN4O4S2. The number of nitrogens with zero attached hydrogens (tertiary/aromatic N) is 3. The van der Waals surface area contributed by atoms with Crippen LogP contribution < -0.4 is 15.0 Å². The van der Waals surface area contributed by atoms with Crippen LogP contribution >= 0.6 is 11.3 Å². The predicted octanol–water partition coefficient (Wildman–Crippen LogP) is 3.99. The Morgan fingerprint density at radius 2 is 1.87 bits per heavy atom. The number of amides is 2. The van der Waals surface area contributed by atoms with Crippen molar-refractivity contribution in [3.05, 3.63) is 60.5 Å². The van der Waals surface area contributed by atoms with Gasteiger partial charge in [0.1, 0.15) is 16.6 Å². The highest BCUT2D eigenvalue weighted by Crippen LogP contribution is 2.30. The fourth-order valence-corrected chi connectivity index (χ4v) is 3.98. The molecule has 1 heterocycles. The van der Waals surface area contributed by atoms with E-state index in [0.29, 0.717) is 16.4 Å². The van der Waals surface area contributed by atoms with Crippen molar-refractivity contribution in [3.8, 4) is 10.9 Å². The maximum Gasteiger partial charge on any atom is 0.326 e. The van der Waals surface area contributed by atoms with Crippen molar-refractivity contribution in [3.63, 3.8) is 0 Å². The number of carbonyl (C=O) groups excluding carboxylic acids is 1. The molecule has 1 N–H and O–H groups in total. The number of nitrogens with one attached hydrogen (secondary N) is 1. The van der Waals surface area contributed by atoms with E-state index in [9.17, 15) is 17.6 Å². The molecule has 3 aromatic rings. The standard InChI is InChI=1S/C19H19FN4O4S2/c1-23(2)30(26,27)16-9-5-7-14(11-16)24(3)18(25)22-17-12-21-19(29-17)28-15-8-4-6-13(20)10-15/h4-12H,1-3H3,(H,22,25). The summed E-state index contributed by atoms with van der Waals surface area (Å²) in [7, 11) is 0.765. The monoisotopic (exact) mass is 450 g/mol. The number of anilines is 2. The minimum absolute atomic E-state index is 0.0771. The number of halogens is 1. The van der Waals surface area contributed by atoms with Crippen LogP contribution in [0.3, 0.4) is 0 Å². The lowest BCUT2D eigenvalue weighted by molar-refractivity contribution is 0.258. The molecule has 0 saturated heterocycles. The van der Waals surface area contributed by atoms with E-state index in [1.54, 1.807) is 18.2 Å². The number of carbonyl (C=O) groups is 1. The lowest BCUT2D eigenvalue weighted by Crippen LogP contribution is -2.31. The summed E-state index contributed by atoms with van der Waals surface area (Å²) in [5.74, 6) is -0.143. The SMILES string of the molecule is CN(C(=O)Nc1cnc(Oc2cccc(F)c2)s1)c1cccc(S(=O)(=O)N(C)C)c1. The molecule has 30 heavy (non-hydrogen) atoms.